The molecular formula is C19H27NS. The van der Waals surface area contributed by atoms with E-state index in [4.69, 9.17) is 0 Å². The van der Waals surface area contributed by atoms with Crippen molar-refractivity contribution in [3.63, 3.8) is 0 Å². The molecule has 2 rings (SSSR count). The Morgan fingerprint density at radius 2 is 1.67 bits per heavy atom. The maximum atomic E-state index is 4.60. The van der Waals surface area contributed by atoms with Crippen molar-refractivity contribution >= 4 is 11.3 Å². The first kappa shape index (κ1) is 16.2. The van der Waals surface area contributed by atoms with Gasteiger partial charge >= 0.3 is 0 Å². The molecule has 0 fully saturated rings. The molecule has 0 aliphatic rings. The molecule has 0 unspecified atom stereocenters. The van der Waals surface area contributed by atoms with Crippen molar-refractivity contribution in [3.8, 4) is 0 Å². The Morgan fingerprint density at radius 1 is 1.10 bits per heavy atom. The summed E-state index contributed by atoms with van der Waals surface area (Å²) in [6.45, 7) is 15.7. The van der Waals surface area contributed by atoms with Crippen molar-refractivity contribution in [3.05, 3.63) is 50.5 Å². The number of hydrogen-bond acceptors (Lipinski definition) is 2. The molecule has 0 aliphatic heterocycles. The van der Waals surface area contributed by atoms with E-state index in [2.05, 4.69) is 65.6 Å². The van der Waals surface area contributed by atoms with Crippen LogP contribution in [0.3, 0.4) is 0 Å². The maximum absolute atomic E-state index is 4.60. The Bertz CT molecular complexity index is 606. The van der Waals surface area contributed by atoms with Crippen molar-refractivity contribution in [2.75, 3.05) is 0 Å². The van der Waals surface area contributed by atoms with Gasteiger partial charge in [0, 0.05) is 17.5 Å². The van der Waals surface area contributed by atoms with Gasteiger partial charge < -0.3 is 0 Å². The van der Waals surface area contributed by atoms with Gasteiger partial charge in [-0.15, -0.1) is 11.3 Å². The average Bonchev–Trinajstić information content (AvgIpc) is 2.81. The van der Waals surface area contributed by atoms with Gasteiger partial charge in [-0.1, -0.05) is 46.8 Å². The van der Waals surface area contributed by atoms with Crippen LogP contribution >= 0.6 is 11.3 Å². The van der Waals surface area contributed by atoms with E-state index in [-0.39, 0.29) is 5.41 Å². The SMILES string of the molecule is Cc1cc(C(C)(C)C)cc(C)c1Cc1ncc(C(C)C)s1. The van der Waals surface area contributed by atoms with Crippen LogP contribution in [-0.2, 0) is 11.8 Å². The zero-order chi connectivity index (χ0) is 15.8. The van der Waals surface area contributed by atoms with Crippen LogP contribution in [0.5, 0.6) is 0 Å². The van der Waals surface area contributed by atoms with E-state index in [1.165, 1.54) is 32.1 Å². The summed E-state index contributed by atoms with van der Waals surface area (Å²) in [6, 6.07) is 4.69. The van der Waals surface area contributed by atoms with E-state index >= 15 is 0 Å². The lowest BCUT2D eigenvalue weighted by atomic mass is 9.83. The summed E-state index contributed by atoms with van der Waals surface area (Å²) in [6.07, 6.45) is 3.00. The van der Waals surface area contributed by atoms with Gasteiger partial charge in [0.15, 0.2) is 0 Å². The Labute approximate surface area is 133 Å². The predicted molar refractivity (Wildman–Crippen MR) is 93.6 cm³/mol. The van der Waals surface area contributed by atoms with E-state index in [1.54, 1.807) is 0 Å². The van der Waals surface area contributed by atoms with Gasteiger partial charge in [-0.3, -0.25) is 0 Å². The number of aromatic nitrogens is 1. The van der Waals surface area contributed by atoms with Gasteiger partial charge in [0.2, 0.25) is 0 Å². The van der Waals surface area contributed by atoms with E-state index in [0.29, 0.717) is 5.92 Å². The second-order valence-electron chi connectivity index (χ2n) is 7.33. The minimum Gasteiger partial charge on any atom is -0.249 e. The molecule has 1 aromatic carbocycles. The molecule has 0 saturated carbocycles. The highest BCUT2D eigenvalue weighted by Gasteiger charge is 2.17. The third kappa shape index (κ3) is 3.74. The molecule has 1 nitrogen and oxygen atoms in total. The largest absolute Gasteiger partial charge is 0.249 e. The van der Waals surface area contributed by atoms with Crippen molar-refractivity contribution in [1.29, 1.82) is 0 Å². The first-order chi connectivity index (χ1) is 9.68. The third-order valence-electron chi connectivity index (χ3n) is 4.03. The Hall–Kier alpha value is -1.15. The zero-order valence-electron chi connectivity index (χ0n) is 14.4. The lowest BCUT2D eigenvalue weighted by Gasteiger charge is -2.22. The van der Waals surface area contributed by atoms with Gasteiger partial charge in [-0.25, -0.2) is 4.98 Å². The number of nitrogens with zero attached hydrogens (tertiary/aromatic N) is 1. The van der Waals surface area contributed by atoms with Crippen LogP contribution in [0.4, 0.5) is 0 Å². The summed E-state index contributed by atoms with van der Waals surface area (Å²) in [7, 11) is 0. The molecule has 0 spiro atoms. The summed E-state index contributed by atoms with van der Waals surface area (Å²) in [5.41, 5.74) is 5.85. The van der Waals surface area contributed by atoms with Crippen LogP contribution in [0.2, 0.25) is 0 Å². The standard InChI is InChI=1S/C19H27NS/c1-12(2)17-11-20-18(21-17)10-16-13(3)8-15(9-14(16)4)19(5,6)7/h8-9,11-12H,10H2,1-7H3. The average molecular weight is 301 g/mol. The van der Waals surface area contributed by atoms with E-state index in [9.17, 15) is 0 Å². The highest BCUT2D eigenvalue weighted by Crippen LogP contribution is 2.29. The fraction of sp³-hybridized carbons (Fsp3) is 0.526. The molecule has 1 heterocycles. The normalized spacial score (nSPS) is 12.2. The van der Waals surface area contributed by atoms with E-state index in [1.807, 2.05) is 17.5 Å². The van der Waals surface area contributed by atoms with Gasteiger partial charge in [0.05, 0.1) is 5.01 Å². The molecule has 0 N–H and O–H groups in total. The molecule has 0 radical (unpaired) electrons. The number of thiazole rings is 1. The summed E-state index contributed by atoms with van der Waals surface area (Å²) in [5.74, 6) is 0.571. The molecular weight excluding hydrogens is 274 g/mol. The first-order valence-electron chi connectivity index (χ1n) is 7.73. The Morgan fingerprint density at radius 3 is 2.10 bits per heavy atom. The van der Waals surface area contributed by atoms with Crippen molar-refractivity contribution in [2.24, 2.45) is 0 Å². The van der Waals surface area contributed by atoms with Gasteiger partial charge in [-0.2, -0.15) is 0 Å². The van der Waals surface area contributed by atoms with Crippen LogP contribution in [0.1, 0.15) is 72.7 Å². The highest BCUT2D eigenvalue weighted by molar-refractivity contribution is 7.11. The van der Waals surface area contributed by atoms with Crippen LogP contribution in [0.25, 0.3) is 0 Å². The number of rotatable bonds is 3. The molecule has 2 heteroatoms. The fourth-order valence-corrected chi connectivity index (χ4v) is 3.46. The molecule has 0 atom stereocenters. The predicted octanol–water partition coefficient (Wildman–Crippen LogP) is 5.77. The number of aryl methyl sites for hydroxylation is 2. The minimum atomic E-state index is 0.208. The van der Waals surface area contributed by atoms with Gasteiger partial charge in [0.25, 0.3) is 0 Å². The molecule has 0 bridgehead atoms. The van der Waals surface area contributed by atoms with Crippen molar-refractivity contribution < 1.29 is 0 Å². The smallest absolute Gasteiger partial charge is 0.0971 e. The molecule has 0 saturated heterocycles. The molecule has 21 heavy (non-hydrogen) atoms. The van der Waals surface area contributed by atoms with Crippen LogP contribution < -0.4 is 0 Å². The summed E-state index contributed by atoms with van der Waals surface area (Å²) in [5, 5.41) is 1.23. The maximum Gasteiger partial charge on any atom is 0.0971 e. The molecule has 2 aromatic rings. The van der Waals surface area contributed by atoms with Gasteiger partial charge in [-0.05, 0) is 47.4 Å². The van der Waals surface area contributed by atoms with Crippen LogP contribution in [0, 0.1) is 13.8 Å². The molecule has 1 aromatic heterocycles. The quantitative estimate of drug-likeness (QED) is 0.701. The number of hydrogen-bond donors (Lipinski definition) is 0. The highest BCUT2D eigenvalue weighted by atomic mass is 32.1. The summed E-state index contributed by atoms with van der Waals surface area (Å²) in [4.78, 5) is 5.99. The lowest BCUT2D eigenvalue weighted by Crippen LogP contribution is -2.12. The second kappa shape index (κ2) is 5.92. The minimum absolute atomic E-state index is 0.208. The topological polar surface area (TPSA) is 12.9 Å². The monoisotopic (exact) mass is 301 g/mol. The first-order valence-corrected chi connectivity index (χ1v) is 8.55. The zero-order valence-corrected chi connectivity index (χ0v) is 15.2. The number of benzene rings is 1. The van der Waals surface area contributed by atoms with Crippen LogP contribution in [-0.4, -0.2) is 4.98 Å². The molecule has 0 aliphatic carbocycles. The second-order valence-corrected chi connectivity index (χ2v) is 8.47. The summed E-state index contributed by atoms with van der Waals surface area (Å²) < 4.78 is 0. The van der Waals surface area contributed by atoms with Crippen molar-refractivity contribution in [2.45, 2.75) is 66.2 Å². The van der Waals surface area contributed by atoms with E-state index in [0.717, 1.165) is 6.42 Å². The Balaban J connectivity index is 2.32. The fourth-order valence-electron chi connectivity index (χ4n) is 2.53. The van der Waals surface area contributed by atoms with Gasteiger partial charge in [0.1, 0.15) is 0 Å². The lowest BCUT2D eigenvalue weighted by molar-refractivity contribution is 0.589. The van der Waals surface area contributed by atoms with Crippen LogP contribution in [0.15, 0.2) is 18.3 Å². The van der Waals surface area contributed by atoms with Crippen molar-refractivity contribution in [1.82, 2.24) is 4.98 Å². The van der Waals surface area contributed by atoms with E-state index < -0.39 is 0 Å². The summed E-state index contributed by atoms with van der Waals surface area (Å²) >= 11 is 1.85. The molecule has 114 valence electrons. The third-order valence-corrected chi connectivity index (χ3v) is 5.33. The Kier molecular flexibility index (Phi) is 4.57. The molecule has 0 amide bonds.